The molecule has 2 aromatic rings. The van der Waals surface area contributed by atoms with Crippen molar-refractivity contribution >= 4 is 23.7 Å². The summed E-state index contributed by atoms with van der Waals surface area (Å²) in [5.74, 6) is -4.49. The van der Waals surface area contributed by atoms with Gasteiger partial charge in [0.05, 0.1) is 18.5 Å². The molecule has 33 heavy (non-hydrogen) atoms. The van der Waals surface area contributed by atoms with Gasteiger partial charge in [-0.15, -0.1) is 0 Å². The predicted octanol–water partition coefficient (Wildman–Crippen LogP) is -0.366. The lowest BCUT2D eigenvalue weighted by Gasteiger charge is -2.25. The number of carbonyl (C=O) groups is 4. The van der Waals surface area contributed by atoms with Crippen molar-refractivity contribution in [3.63, 3.8) is 0 Å². The molecule has 1 unspecified atom stereocenters. The van der Waals surface area contributed by atoms with E-state index in [1.807, 2.05) is 0 Å². The molecule has 0 heterocycles. The van der Waals surface area contributed by atoms with Gasteiger partial charge in [-0.1, -0.05) is 42.5 Å². The first-order valence-corrected chi connectivity index (χ1v) is 10.2. The maximum absolute atomic E-state index is 12.7. The number of hydrogen-bond acceptors (Lipinski definition) is 6. The highest BCUT2D eigenvalue weighted by Gasteiger charge is 2.33. The summed E-state index contributed by atoms with van der Waals surface area (Å²) in [6, 6.07) is 12.4. The van der Waals surface area contributed by atoms with E-state index in [9.17, 15) is 29.4 Å². The van der Waals surface area contributed by atoms with Gasteiger partial charge in [0, 0.05) is 13.5 Å². The first-order valence-electron chi connectivity index (χ1n) is 10.2. The second kappa shape index (κ2) is 11.6. The van der Waals surface area contributed by atoms with Crippen molar-refractivity contribution in [3.05, 3.63) is 65.7 Å². The van der Waals surface area contributed by atoms with E-state index in [0.29, 0.717) is 11.1 Å². The minimum atomic E-state index is -1.37. The number of hydrogen-bond donors (Lipinski definition) is 5. The molecule has 0 saturated carbocycles. The third-order valence-electron chi connectivity index (χ3n) is 5.15. The van der Waals surface area contributed by atoms with Crippen LogP contribution in [-0.4, -0.2) is 64.5 Å². The van der Waals surface area contributed by atoms with Crippen molar-refractivity contribution in [3.8, 4) is 5.75 Å². The third kappa shape index (κ3) is 7.62. The number of carboxylic acid groups (broad SMARTS) is 1. The van der Waals surface area contributed by atoms with Gasteiger partial charge in [0.25, 0.3) is 0 Å². The van der Waals surface area contributed by atoms with E-state index in [1.165, 1.54) is 19.2 Å². The molecule has 0 spiro atoms. The van der Waals surface area contributed by atoms with Crippen LogP contribution < -0.4 is 16.8 Å². The molecule has 7 N–H and O–H groups in total. The molecule has 0 aliphatic rings. The maximum atomic E-state index is 12.7. The Morgan fingerprint density at radius 1 is 0.970 bits per heavy atom. The molecule has 10 heteroatoms. The maximum Gasteiger partial charge on any atom is 0.308 e. The molecule has 0 aliphatic carbocycles. The Morgan fingerprint density at radius 3 is 2.09 bits per heavy atom. The van der Waals surface area contributed by atoms with Crippen LogP contribution in [0.3, 0.4) is 0 Å². The molecule has 3 atom stereocenters. The van der Waals surface area contributed by atoms with Gasteiger partial charge >= 0.3 is 5.97 Å². The van der Waals surface area contributed by atoms with Crippen LogP contribution in [0.15, 0.2) is 54.6 Å². The van der Waals surface area contributed by atoms with Gasteiger partial charge < -0.3 is 31.9 Å². The number of aromatic hydroxyl groups is 1. The molecule has 176 valence electrons. The molecule has 0 saturated heterocycles. The summed E-state index contributed by atoms with van der Waals surface area (Å²) < 4.78 is 0. The number of benzene rings is 2. The van der Waals surface area contributed by atoms with E-state index in [4.69, 9.17) is 11.5 Å². The minimum absolute atomic E-state index is 0.0551. The predicted molar refractivity (Wildman–Crippen MR) is 120 cm³/mol. The standard InChI is InChI=1S/C23H28N4O6/c1-27(22(31)20(24)17(23(32)33)11-14-5-3-2-4-6-14)13-19(29)26-18(21(25)30)12-15-7-9-16(28)10-8-15/h2-10,17-18,20,28H,11-13,24H2,1H3,(H2,25,30)(H,26,29)(H,32,33)/t17?,18-,20-/m0/s1. The average molecular weight is 456 g/mol. The van der Waals surface area contributed by atoms with Crippen LogP contribution in [0.1, 0.15) is 11.1 Å². The van der Waals surface area contributed by atoms with Gasteiger partial charge in [-0.2, -0.15) is 0 Å². The zero-order valence-electron chi connectivity index (χ0n) is 18.2. The molecule has 0 radical (unpaired) electrons. The van der Waals surface area contributed by atoms with E-state index in [-0.39, 0.29) is 18.6 Å². The Bertz CT molecular complexity index is 980. The van der Waals surface area contributed by atoms with Crippen LogP contribution in [0.2, 0.25) is 0 Å². The lowest BCUT2D eigenvalue weighted by Crippen LogP contribution is -2.53. The fourth-order valence-corrected chi connectivity index (χ4v) is 3.29. The molecular formula is C23H28N4O6. The number of amides is 3. The number of nitrogens with zero attached hydrogens (tertiary/aromatic N) is 1. The number of nitrogens with one attached hydrogen (secondary N) is 1. The van der Waals surface area contributed by atoms with E-state index >= 15 is 0 Å². The molecule has 0 fully saturated rings. The fourth-order valence-electron chi connectivity index (χ4n) is 3.29. The number of phenolic OH excluding ortho intramolecular Hbond substituents is 1. The summed E-state index contributed by atoms with van der Waals surface area (Å²) in [6.45, 7) is -0.441. The van der Waals surface area contributed by atoms with Crippen LogP contribution in [-0.2, 0) is 32.0 Å². The van der Waals surface area contributed by atoms with Gasteiger partial charge in [-0.05, 0) is 29.7 Å². The van der Waals surface area contributed by atoms with E-state index in [0.717, 1.165) is 4.90 Å². The quantitative estimate of drug-likeness (QED) is 0.306. The normalized spacial score (nSPS) is 13.4. The molecule has 3 amide bonds. The first kappa shape index (κ1) is 25.3. The highest BCUT2D eigenvalue weighted by Crippen LogP contribution is 2.14. The summed E-state index contributed by atoms with van der Waals surface area (Å²) >= 11 is 0. The fraction of sp³-hybridized carbons (Fsp3) is 0.304. The molecule has 0 aliphatic heterocycles. The number of nitrogens with two attached hydrogens (primary N) is 2. The molecule has 0 bridgehead atoms. The van der Waals surface area contributed by atoms with Crippen molar-refractivity contribution in [2.75, 3.05) is 13.6 Å². The number of carbonyl (C=O) groups excluding carboxylic acids is 3. The molecule has 10 nitrogen and oxygen atoms in total. The van der Waals surface area contributed by atoms with Crippen LogP contribution in [0.5, 0.6) is 5.75 Å². The molecular weight excluding hydrogens is 428 g/mol. The van der Waals surface area contributed by atoms with Gasteiger partial charge in [-0.3, -0.25) is 19.2 Å². The van der Waals surface area contributed by atoms with Crippen LogP contribution in [0.4, 0.5) is 0 Å². The molecule has 2 rings (SSSR count). The Balaban J connectivity index is 1.99. The highest BCUT2D eigenvalue weighted by molar-refractivity contribution is 5.92. The third-order valence-corrected chi connectivity index (χ3v) is 5.15. The summed E-state index contributed by atoms with van der Waals surface area (Å²) in [5, 5.41) is 21.4. The Labute approximate surface area is 191 Å². The smallest absolute Gasteiger partial charge is 0.308 e. The van der Waals surface area contributed by atoms with Gasteiger partial charge in [0.15, 0.2) is 0 Å². The van der Waals surface area contributed by atoms with Gasteiger partial charge in [-0.25, -0.2) is 0 Å². The first-order chi connectivity index (χ1) is 15.6. The zero-order chi connectivity index (χ0) is 24.5. The van der Waals surface area contributed by atoms with Crippen molar-refractivity contribution < 1.29 is 29.4 Å². The van der Waals surface area contributed by atoms with Crippen LogP contribution in [0.25, 0.3) is 0 Å². The minimum Gasteiger partial charge on any atom is -0.508 e. The van der Waals surface area contributed by atoms with Crippen LogP contribution in [0, 0.1) is 5.92 Å². The summed E-state index contributed by atoms with van der Waals surface area (Å²) in [5.41, 5.74) is 12.7. The van der Waals surface area contributed by atoms with Gasteiger partial charge in [0.2, 0.25) is 17.7 Å². The Morgan fingerprint density at radius 2 is 1.55 bits per heavy atom. The number of carboxylic acids is 1. The summed E-state index contributed by atoms with van der Waals surface area (Å²) in [7, 11) is 1.32. The summed E-state index contributed by atoms with van der Waals surface area (Å²) in [4.78, 5) is 49.6. The second-order valence-corrected chi connectivity index (χ2v) is 7.75. The number of primary amides is 1. The highest BCUT2D eigenvalue weighted by atomic mass is 16.4. The second-order valence-electron chi connectivity index (χ2n) is 7.75. The zero-order valence-corrected chi connectivity index (χ0v) is 18.2. The van der Waals surface area contributed by atoms with E-state index in [2.05, 4.69) is 5.32 Å². The lowest BCUT2D eigenvalue weighted by molar-refractivity contribution is -0.147. The van der Waals surface area contributed by atoms with E-state index in [1.54, 1.807) is 42.5 Å². The Hall–Kier alpha value is -3.92. The number of likely N-dealkylation sites (N-methyl/N-ethyl adjacent to an activating group) is 1. The SMILES string of the molecule is CN(CC(=O)N[C@@H](Cc1ccc(O)cc1)C(N)=O)C(=O)[C@@H](N)C(Cc1ccccc1)C(=O)O. The van der Waals surface area contributed by atoms with Crippen LogP contribution >= 0.6 is 0 Å². The lowest BCUT2D eigenvalue weighted by atomic mass is 9.92. The van der Waals surface area contributed by atoms with Crippen molar-refractivity contribution in [2.24, 2.45) is 17.4 Å². The summed E-state index contributed by atoms with van der Waals surface area (Å²) in [6.07, 6.45) is 0.149. The molecule has 0 aromatic heterocycles. The van der Waals surface area contributed by atoms with E-state index < -0.39 is 48.2 Å². The van der Waals surface area contributed by atoms with Gasteiger partial charge in [0.1, 0.15) is 11.8 Å². The average Bonchev–Trinajstić information content (AvgIpc) is 2.77. The number of rotatable bonds is 11. The molecule has 2 aromatic carbocycles. The number of phenols is 1. The topological polar surface area (TPSA) is 176 Å². The van der Waals surface area contributed by atoms with Crippen molar-refractivity contribution in [1.29, 1.82) is 0 Å². The Kier molecular flexibility index (Phi) is 8.93. The number of aliphatic carboxylic acids is 1. The monoisotopic (exact) mass is 456 g/mol. The largest absolute Gasteiger partial charge is 0.508 e. The van der Waals surface area contributed by atoms with Crippen molar-refractivity contribution in [2.45, 2.75) is 24.9 Å². The van der Waals surface area contributed by atoms with Crippen molar-refractivity contribution in [1.82, 2.24) is 10.2 Å².